The molecule has 2 aliphatic rings. The molecule has 2 heterocycles. The maximum atomic E-state index is 14.3. The van der Waals surface area contributed by atoms with Crippen LogP contribution in [0.5, 0.6) is 0 Å². The average Bonchev–Trinajstić information content (AvgIpc) is 3.20. The zero-order valence-corrected chi connectivity index (χ0v) is 34.5. The Bertz CT molecular complexity index is 1750. The molecule has 2 saturated heterocycles. The van der Waals surface area contributed by atoms with Crippen LogP contribution < -0.4 is 5.32 Å². The van der Waals surface area contributed by atoms with Crippen molar-refractivity contribution in [2.45, 2.75) is 121 Å². The highest BCUT2D eigenvalue weighted by atomic mass is 16.8. The fourth-order valence-electron chi connectivity index (χ4n) is 6.90. The number of carbonyl (C=O) groups is 6. The first-order chi connectivity index (χ1) is 28.6. The Morgan fingerprint density at radius 1 is 0.817 bits per heavy atom. The number of methoxy groups -OCH3 is 2. The molecule has 0 aromatic heterocycles. The molecule has 2 aliphatic heterocycles. The van der Waals surface area contributed by atoms with E-state index in [2.05, 4.69) is 5.32 Å². The molecule has 0 saturated carbocycles. The number of hydrogen-bond donors (Lipinski definition) is 2. The summed E-state index contributed by atoms with van der Waals surface area (Å²) in [6.07, 6.45) is -14.5. The van der Waals surface area contributed by atoms with Gasteiger partial charge in [0.05, 0.1) is 39.4 Å². The second kappa shape index (κ2) is 22.5. The van der Waals surface area contributed by atoms with Gasteiger partial charge < -0.3 is 62.5 Å². The van der Waals surface area contributed by atoms with Gasteiger partial charge in [-0.15, -0.1) is 0 Å². The van der Waals surface area contributed by atoms with Gasteiger partial charge in [0.2, 0.25) is 5.91 Å². The molecular formula is C41H53NO18. The molecule has 0 bridgehead atoms. The van der Waals surface area contributed by atoms with Gasteiger partial charge in [-0.2, -0.15) is 0 Å². The lowest BCUT2D eigenvalue weighted by molar-refractivity contribution is -0.373. The Morgan fingerprint density at radius 3 is 1.97 bits per heavy atom. The molecule has 1 amide bonds. The second-order valence-corrected chi connectivity index (χ2v) is 14.0. The number of carbonyl (C=O) groups excluding carboxylic acids is 6. The fourth-order valence-corrected chi connectivity index (χ4v) is 6.90. The number of nitrogens with one attached hydrogen (secondary N) is 1. The van der Waals surface area contributed by atoms with Crippen molar-refractivity contribution < 1.29 is 86.0 Å². The molecule has 11 atom stereocenters. The van der Waals surface area contributed by atoms with Crippen molar-refractivity contribution in [2.75, 3.05) is 27.4 Å². The van der Waals surface area contributed by atoms with Crippen molar-refractivity contribution in [2.24, 2.45) is 0 Å². The van der Waals surface area contributed by atoms with Crippen molar-refractivity contribution in [3.05, 3.63) is 71.8 Å². The summed E-state index contributed by atoms with van der Waals surface area (Å²) in [4.78, 5) is 76.8. The monoisotopic (exact) mass is 847 g/mol. The number of rotatable bonds is 19. The van der Waals surface area contributed by atoms with Crippen LogP contribution in [0.2, 0.25) is 0 Å². The second-order valence-electron chi connectivity index (χ2n) is 14.0. The first-order valence-electron chi connectivity index (χ1n) is 19.1. The average molecular weight is 848 g/mol. The van der Waals surface area contributed by atoms with E-state index in [1.807, 2.05) is 36.4 Å². The molecule has 0 aliphatic carbocycles. The van der Waals surface area contributed by atoms with Gasteiger partial charge in [0.1, 0.15) is 43.2 Å². The molecule has 19 nitrogen and oxygen atoms in total. The predicted octanol–water partition coefficient (Wildman–Crippen LogP) is 1.43. The van der Waals surface area contributed by atoms with Gasteiger partial charge in [0.25, 0.3) is 5.79 Å². The number of hydrogen-bond acceptors (Lipinski definition) is 18. The normalized spacial score (nSPS) is 27.3. The van der Waals surface area contributed by atoms with E-state index in [4.69, 9.17) is 52.1 Å². The van der Waals surface area contributed by atoms with Crippen LogP contribution in [0.25, 0.3) is 0 Å². The molecule has 60 heavy (non-hydrogen) atoms. The van der Waals surface area contributed by atoms with Crippen molar-refractivity contribution in [1.29, 1.82) is 0 Å². The number of ether oxygens (including phenoxy) is 11. The number of benzene rings is 2. The predicted molar refractivity (Wildman–Crippen MR) is 203 cm³/mol. The highest BCUT2D eigenvalue weighted by molar-refractivity contribution is 5.79. The lowest BCUT2D eigenvalue weighted by atomic mass is 9.87. The minimum absolute atomic E-state index is 0.0550. The standard InChI is InChI=1S/C41H53NO18/c1-23(43)42-33-30(55-25(3)45)18-41(40(49)51-7,59-36(33)35(57-27(5)47)32(56-26(4)46)22-53-24(2)44)60-37-34(48)31(21-52-19-28-14-10-8-11-15-28)58-39(50-6)38(37)54-20-29-16-12-9-13-17-29/h8-17,30-39,48H,18-22H2,1-7H3,(H,42,43)/t30-,31+,32+,33+,34-,35+,36+,37-,38+,39-,41-/m0/s1. The molecule has 330 valence electrons. The summed E-state index contributed by atoms with van der Waals surface area (Å²) < 4.78 is 64.4. The number of esters is 5. The van der Waals surface area contributed by atoms with Crippen LogP contribution >= 0.6 is 0 Å². The molecule has 2 N–H and O–H groups in total. The van der Waals surface area contributed by atoms with Crippen molar-refractivity contribution >= 4 is 35.8 Å². The highest BCUT2D eigenvalue weighted by Gasteiger charge is 2.62. The molecular weight excluding hydrogens is 794 g/mol. The van der Waals surface area contributed by atoms with Crippen LogP contribution in [0.4, 0.5) is 0 Å². The Balaban J connectivity index is 1.86. The van der Waals surface area contributed by atoms with Gasteiger partial charge >= 0.3 is 29.8 Å². The Labute approximate surface area is 347 Å². The molecule has 4 rings (SSSR count). The van der Waals surface area contributed by atoms with E-state index >= 15 is 0 Å². The van der Waals surface area contributed by atoms with Gasteiger partial charge in [-0.1, -0.05) is 60.7 Å². The molecule has 0 spiro atoms. The minimum Gasteiger partial charge on any atom is -0.465 e. The molecule has 19 heteroatoms. The van der Waals surface area contributed by atoms with E-state index in [9.17, 15) is 33.9 Å². The lowest BCUT2D eigenvalue weighted by Crippen LogP contribution is -2.71. The minimum atomic E-state index is -2.69. The number of amides is 1. The zero-order valence-electron chi connectivity index (χ0n) is 34.5. The summed E-state index contributed by atoms with van der Waals surface area (Å²) in [6.45, 7) is 4.54. The number of aliphatic hydroxyl groups is 1. The number of aliphatic hydroxyl groups excluding tert-OH is 1. The zero-order chi connectivity index (χ0) is 44.0. The van der Waals surface area contributed by atoms with Crippen molar-refractivity contribution in [1.82, 2.24) is 5.32 Å². The van der Waals surface area contributed by atoms with Crippen LogP contribution in [0.3, 0.4) is 0 Å². The molecule has 2 aromatic carbocycles. The van der Waals surface area contributed by atoms with Crippen LogP contribution in [0.15, 0.2) is 60.7 Å². The third-order valence-corrected chi connectivity index (χ3v) is 9.35. The van der Waals surface area contributed by atoms with E-state index in [-0.39, 0.29) is 19.8 Å². The maximum absolute atomic E-state index is 14.3. The van der Waals surface area contributed by atoms with E-state index in [0.717, 1.165) is 47.3 Å². The van der Waals surface area contributed by atoms with E-state index in [1.54, 1.807) is 24.3 Å². The van der Waals surface area contributed by atoms with Crippen LogP contribution in [0.1, 0.15) is 52.2 Å². The van der Waals surface area contributed by atoms with Crippen LogP contribution in [-0.2, 0) is 94.1 Å². The van der Waals surface area contributed by atoms with Crippen LogP contribution in [0, 0.1) is 0 Å². The van der Waals surface area contributed by atoms with E-state index in [0.29, 0.717) is 5.56 Å². The van der Waals surface area contributed by atoms with E-state index < -0.39 is 116 Å². The highest BCUT2D eigenvalue weighted by Crippen LogP contribution is 2.40. The Morgan fingerprint density at radius 2 is 1.43 bits per heavy atom. The van der Waals surface area contributed by atoms with Crippen molar-refractivity contribution in [3.8, 4) is 0 Å². The summed E-state index contributed by atoms with van der Waals surface area (Å²) >= 11 is 0. The SMILES string of the molecule is COC(=O)[C@@]1(O[C@H]2[C@@H](O)[C@@H](COCc3ccccc3)O[C@H](OC)[C@@H]2OCc2ccccc2)C[C@H](OC(C)=O)[C@@H](NC(C)=O)[C@H]([C@H](OC(C)=O)[C@@H](COC(C)=O)OC(C)=O)O1. The maximum Gasteiger partial charge on any atom is 0.366 e. The lowest BCUT2D eigenvalue weighted by Gasteiger charge is -2.51. The Kier molecular flexibility index (Phi) is 17.9. The fraction of sp³-hybridized carbons (Fsp3) is 0.561. The molecule has 2 aromatic rings. The smallest absolute Gasteiger partial charge is 0.366 e. The van der Waals surface area contributed by atoms with Gasteiger partial charge in [0, 0.05) is 41.7 Å². The molecule has 0 radical (unpaired) electrons. The summed E-state index contributed by atoms with van der Waals surface area (Å²) in [5.74, 6) is -8.15. The van der Waals surface area contributed by atoms with Crippen LogP contribution in [-0.4, -0.2) is 135 Å². The largest absolute Gasteiger partial charge is 0.465 e. The molecule has 2 fully saturated rings. The topological polar surface area (TPSA) is 236 Å². The summed E-state index contributed by atoms with van der Waals surface area (Å²) in [6, 6.07) is 16.7. The summed E-state index contributed by atoms with van der Waals surface area (Å²) in [5.41, 5.74) is 1.55. The summed E-state index contributed by atoms with van der Waals surface area (Å²) in [7, 11) is 2.35. The van der Waals surface area contributed by atoms with E-state index in [1.165, 1.54) is 7.11 Å². The third-order valence-electron chi connectivity index (χ3n) is 9.35. The third kappa shape index (κ3) is 13.2. The van der Waals surface area contributed by atoms with Gasteiger partial charge in [0.15, 0.2) is 18.5 Å². The molecule has 0 unspecified atom stereocenters. The van der Waals surface area contributed by atoms with Crippen molar-refractivity contribution in [3.63, 3.8) is 0 Å². The van der Waals surface area contributed by atoms with Gasteiger partial charge in [-0.3, -0.25) is 24.0 Å². The first-order valence-corrected chi connectivity index (χ1v) is 19.1. The quantitative estimate of drug-likeness (QED) is 0.150. The summed E-state index contributed by atoms with van der Waals surface area (Å²) in [5, 5.41) is 14.7. The van der Waals surface area contributed by atoms with Gasteiger partial charge in [-0.25, -0.2) is 4.79 Å². The Hall–Kier alpha value is -5.02. The first kappa shape index (κ1) is 47.7. The van der Waals surface area contributed by atoms with Gasteiger partial charge in [-0.05, 0) is 11.1 Å².